The highest BCUT2D eigenvalue weighted by Gasteiger charge is 2.36. The molecule has 1 aliphatic heterocycles. The lowest BCUT2D eigenvalue weighted by atomic mass is 10.2. The molecule has 0 aromatic carbocycles. The molecular formula is C7H14O4S. The Morgan fingerprint density at radius 3 is 2.50 bits per heavy atom. The van der Waals surface area contributed by atoms with Gasteiger partial charge in [-0.2, -0.15) is 8.42 Å². The van der Waals surface area contributed by atoms with Crippen LogP contribution in [0.3, 0.4) is 0 Å². The van der Waals surface area contributed by atoms with Crippen molar-refractivity contribution in [2.45, 2.75) is 32.0 Å². The summed E-state index contributed by atoms with van der Waals surface area (Å²) in [5, 5.41) is 0. The Morgan fingerprint density at radius 1 is 1.42 bits per heavy atom. The van der Waals surface area contributed by atoms with Crippen LogP contribution in [0.15, 0.2) is 0 Å². The van der Waals surface area contributed by atoms with Gasteiger partial charge < -0.3 is 4.74 Å². The maximum atomic E-state index is 10.5. The third kappa shape index (κ3) is 3.51. The molecular weight excluding hydrogens is 180 g/mol. The van der Waals surface area contributed by atoms with Crippen molar-refractivity contribution in [3.8, 4) is 0 Å². The average Bonchev–Trinajstić information content (AvgIpc) is 2.64. The van der Waals surface area contributed by atoms with Gasteiger partial charge in [-0.1, -0.05) is 6.92 Å². The van der Waals surface area contributed by atoms with E-state index in [1.807, 2.05) is 6.92 Å². The first-order chi connectivity index (χ1) is 5.53. The molecule has 0 aromatic rings. The molecule has 72 valence electrons. The number of epoxide rings is 1. The molecule has 0 aliphatic carbocycles. The second kappa shape index (κ2) is 3.72. The predicted octanol–water partition coefficient (Wildman–Crippen LogP) is 0.530. The standard InChI is InChI=1S/C7H14O4S/c1-3-6-7(11-6)4-5-10-12(2,8)9/h6-7H,3-5H2,1-2H3/t6-,7-/m0/s1. The molecule has 0 radical (unpaired) electrons. The maximum absolute atomic E-state index is 10.5. The summed E-state index contributed by atoms with van der Waals surface area (Å²) in [6.45, 7) is 2.28. The molecule has 0 N–H and O–H groups in total. The van der Waals surface area contributed by atoms with E-state index in [-0.39, 0.29) is 12.7 Å². The smallest absolute Gasteiger partial charge is 0.264 e. The van der Waals surface area contributed by atoms with E-state index in [0.29, 0.717) is 12.5 Å². The zero-order chi connectivity index (χ0) is 9.19. The van der Waals surface area contributed by atoms with E-state index in [1.54, 1.807) is 0 Å². The molecule has 0 saturated carbocycles. The Balaban J connectivity index is 2.05. The minimum Gasteiger partial charge on any atom is -0.370 e. The van der Waals surface area contributed by atoms with Gasteiger partial charge >= 0.3 is 0 Å². The van der Waals surface area contributed by atoms with Crippen molar-refractivity contribution in [3.05, 3.63) is 0 Å². The maximum Gasteiger partial charge on any atom is 0.264 e. The third-order valence-corrected chi connectivity index (χ3v) is 2.38. The van der Waals surface area contributed by atoms with E-state index in [2.05, 4.69) is 4.18 Å². The summed E-state index contributed by atoms with van der Waals surface area (Å²) in [5.74, 6) is 0. The molecule has 12 heavy (non-hydrogen) atoms. The zero-order valence-electron chi connectivity index (χ0n) is 7.32. The fourth-order valence-corrected chi connectivity index (χ4v) is 1.51. The van der Waals surface area contributed by atoms with E-state index >= 15 is 0 Å². The Bertz CT molecular complexity index is 234. The summed E-state index contributed by atoms with van der Waals surface area (Å²) in [7, 11) is -3.27. The van der Waals surface area contributed by atoms with Crippen LogP contribution < -0.4 is 0 Å². The Kier molecular flexibility index (Phi) is 3.09. The number of hydrogen-bond donors (Lipinski definition) is 0. The van der Waals surface area contributed by atoms with Gasteiger partial charge in [0.25, 0.3) is 10.1 Å². The average molecular weight is 194 g/mol. The molecule has 1 saturated heterocycles. The highest BCUT2D eigenvalue weighted by atomic mass is 32.2. The Morgan fingerprint density at radius 2 is 2.08 bits per heavy atom. The number of ether oxygens (including phenoxy) is 1. The molecule has 1 rings (SSSR count). The van der Waals surface area contributed by atoms with Crippen LogP contribution in [0.25, 0.3) is 0 Å². The lowest BCUT2D eigenvalue weighted by molar-refractivity contribution is 0.285. The first-order valence-electron chi connectivity index (χ1n) is 4.03. The molecule has 0 unspecified atom stereocenters. The summed E-state index contributed by atoms with van der Waals surface area (Å²) in [4.78, 5) is 0. The topological polar surface area (TPSA) is 55.9 Å². The van der Waals surface area contributed by atoms with E-state index in [1.165, 1.54) is 0 Å². The van der Waals surface area contributed by atoms with Gasteiger partial charge in [-0.3, -0.25) is 4.18 Å². The van der Waals surface area contributed by atoms with E-state index in [9.17, 15) is 8.42 Å². The van der Waals surface area contributed by atoms with Gasteiger partial charge in [-0.25, -0.2) is 0 Å². The van der Waals surface area contributed by atoms with Crippen LogP contribution in [-0.4, -0.2) is 33.5 Å². The van der Waals surface area contributed by atoms with Crippen LogP contribution in [0.2, 0.25) is 0 Å². The first-order valence-corrected chi connectivity index (χ1v) is 5.84. The molecule has 0 spiro atoms. The molecule has 0 bridgehead atoms. The van der Waals surface area contributed by atoms with Crippen molar-refractivity contribution in [2.75, 3.05) is 12.9 Å². The lowest BCUT2D eigenvalue weighted by Crippen LogP contribution is -2.06. The van der Waals surface area contributed by atoms with E-state index in [0.717, 1.165) is 12.7 Å². The highest BCUT2D eigenvalue weighted by molar-refractivity contribution is 7.85. The van der Waals surface area contributed by atoms with Gasteiger partial charge in [-0.15, -0.1) is 0 Å². The summed E-state index contributed by atoms with van der Waals surface area (Å²) in [6, 6.07) is 0. The van der Waals surface area contributed by atoms with Crippen LogP contribution in [0.1, 0.15) is 19.8 Å². The number of hydrogen-bond acceptors (Lipinski definition) is 4. The van der Waals surface area contributed by atoms with Gasteiger partial charge in [0.2, 0.25) is 0 Å². The van der Waals surface area contributed by atoms with Crippen molar-refractivity contribution in [1.29, 1.82) is 0 Å². The molecule has 1 heterocycles. The Labute approximate surface area is 73.0 Å². The molecule has 4 nitrogen and oxygen atoms in total. The van der Waals surface area contributed by atoms with Gasteiger partial charge in [0.15, 0.2) is 0 Å². The lowest BCUT2D eigenvalue weighted by Gasteiger charge is -1.97. The van der Waals surface area contributed by atoms with Crippen molar-refractivity contribution in [2.24, 2.45) is 0 Å². The van der Waals surface area contributed by atoms with Crippen LogP contribution >= 0.6 is 0 Å². The molecule has 2 atom stereocenters. The molecule has 1 aliphatic rings. The van der Waals surface area contributed by atoms with Gasteiger partial charge in [0.1, 0.15) is 0 Å². The van der Waals surface area contributed by atoms with Gasteiger partial charge in [-0.05, 0) is 6.42 Å². The van der Waals surface area contributed by atoms with Crippen LogP contribution in [-0.2, 0) is 19.0 Å². The molecule has 1 fully saturated rings. The molecule has 0 aromatic heterocycles. The Hall–Kier alpha value is -0.130. The van der Waals surface area contributed by atoms with Crippen molar-refractivity contribution in [1.82, 2.24) is 0 Å². The third-order valence-electron chi connectivity index (χ3n) is 1.79. The predicted molar refractivity (Wildman–Crippen MR) is 44.4 cm³/mol. The van der Waals surface area contributed by atoms with Gasteiger partial charge in [0.05, 0.1) is 25.1 Å². The minimum atomic E-state index is -3.27. The largest absolute Gasteiger partial charge is 0.370 e. The summed E-state index contributed by atoms with van der Waals surface area (Å²) < 4.78 is 30.8. The fraction of sp³-hybridized carbons (Fsp3) is 1.00. The minimum absolute atomic E-state index is 0.219. The summed E-state index contributed by atoms with van der Waals surface area (Å²) in [5.41, 5.74) is 0. The monoisotopic (exact) mass is 194 g/mol. The van der Waals surface area contributed by atoms with Crippen molar-refractivity contribution >= 4 is 10.1 Å². The normalized spacial score (nSPS) is 28.8. The number of rotatable bonds is 5. The van der Waals surface area contributed by atoms with Crippen molar-refractivity contribution in [3.63, 3.8) is 0 Å². The highest BCUT2D eigenvalue weighted by Crippen LogP contribution is 2.27. The first kappa shape index (κ1) is 9.95. The summed E-state index contributed by atoms with van der Waals surface area (Å²) >= 11 is 0. The molecule has 5 heteroatoms. The van der Waals surface area contributed by atoms with Gasteiger partial charge in [0, 0.05) is 6.42 Å². The van der Waals surface area contributed by atoms with Crippen LogP contribution in [0.4, 0.5) is 0 Å². The fourth-order valence-electron chi connectivity index (χ4n) is 1.11. The van der Waals surface area contributed by atoms with E-state index < -0.39 is 10.1 Å². The van der Waals surface area contributed by atoms with Crippen LogP contribution in [0.5, 0.6) is 0 Å². The van der Waals surface area contributed by atoms with E-state index in [4.69, 9.17) is 4.74 Å². The van der Waals surface area contributed by atoms with Crippen LogP contribution in [0, 0.1) is 0 Å². The van der Waals surface area contributed by atoms with Crippen molar-refractivity contribution < 1.29 is 17.3 Å². The summed E-state index contributed by atoms with van der Waals surface area (Å²) in [6.07, 6.45) is 3.26. The second-order valence-electron chi connectivity index (χ2n) is 2.94. The quantitative estimate of drug-likeness (QED) is 0.473. The molecule has 0 amide bonds. The zero-order valence-corrected chi connectivity index (χ0v) is 8.13. The second-order valence-corrected chi connectivity index (χ2v) is 4.58. The SMILES string of the molecule is CC[C@@H]1O[C@H]1CCOS(C)(=O)=O.